The van der Waals surface area contributed by atoms with Crippen molar-refractivity contribution < 1.29 is 28.6 Å². The van der Waals surface area contributed by atoms with E-state index in [0.29, 0.717) is 11.5 Å². The van der Waals surface area contributed by atoms with Crippen LogP contribution in [-0.4, -0.2) is 30.7 Å². The van der Waals surface area contributed by atoms with Crippen LogP contribution in [0.3, 0.4) is 0 Å². The Hall–Kier alpha value is -4.53. The summed E-state index contributed by atoms with van der Waals surface area (Å²) in [4.78, 5) is 37.7. The number of nitrogens with one attached hydrogen (secondary N) is 3. The highest BCUT2D eigenvalue weighted by molar-refractivity contribution is 5.96. The van der Waals surface area contributed by atoms with Crippen LogP contribution in [0.5, 0.6) is 11.5 Å². The molecule has 1 atom stereocenters. The molecule has 0 fully saturated rings. The third-order valence-electron chi connectivity index (χ3n) is 5.04. The Morgan fingerprint density at radius 1 is 0.824 bits per heavy atom. The first kappa shape index (κ1) is 22.7. The second-order valence-corrected chi connectivity index (χ2v) is 7.46. The van der Waals surface area contributed by atoms with Crippen molar-refractivity contribution in [3.05, 3.63) is 95.6 Å². The van der Waals surface area contributed by atoms with Crippen LogP contribution in [0.4, 0.5) is 4.79 Å². The summed E-state index contributed by atoms with van der Waals surface area (Å²) in [5.74, 6) is -0.156. The number of hydrogen-bond donors (Lipinski definition) is 3. The van der Waals surface area contributed by atoms with E-state index in [1.807, 2.05) is 60.7 Å². The number of ether oxygens (including phenoxy) is 3. The summed E-state index contributed by atoms with van der Waals surface area (Å²) in [5, 5.41) is 2.57. The Kier molecular flexibility index (Phi) is 7.24. The van der Waals surface area contributed by atoms with Gasteiger partial charge >= 0.3 is 6.09 Å². The number of amides is 3. The third-order valence-corrected chi connectivity index (χ3v) is 5.04. The van der Waals surface area contributed by atoms with Crippen molar-refractivity contribution in [2.75, 3.05) is 6.79 Å². The molecule has 34 heavy (non-hydrogen) atoms. The molecule has 174 valence electrons. The number of alkyl carbamates (subject to hydrolysis) is 1. The number of benzene rings is 3. The van der Waals surface area contributed by atoms with Gasteiger partial charge in [-0.1, -0.05) is 60.7 Å². The second-order valence-electron chi connectivity index (χ2n) is 7.46. The van der Waals surface area contributed by atoms with Gasteiger partial charge in [0.05, 0.1) is 0 Å². The van der Waals surface area contributed by atoms with Crippen LogP contribution in [0.25, 0.3) is 0 Å². The molecular weight excluding hydrogens is 438 g/mol. The Labute approximate surface area is 196 Å². The molecule has 3 N–H and O–H groups in total. The highest BCUT2D eigenvalue weighted by Crippen LogP contribution is 2.32. The van der Waals surface area contributed by atoms with Gasteiger partial charge in [0.2, 0.25) is 6.79 Å². The first-order valence-electron chi connectivity index (χ1n) is 10.6. The largest absolute Gasteiger partial charge is 0.454 e. The summed E-state index contributed by atoms with van der Waals surface area (Å²) in [7, 11) is 0. The Bertz CT molecular complexity index is 1150. The van der Waals surface area contributed by atoms with Crippen molar-refractivity contribution >= 4 is 17.9 Å². The highest BCUT2D eigenvalue weighted by Gasteiger charge is 2.23. The number of carbonyl (C=O) groups excluding carboxylic acids is 3. The van der Waals surface area contributed by atoms with Gasteiger partial charge in [-0.25, -0.2) is 4.79 Å². The van der Waals surface area contributed by atoms with E-state index in [0.717, 1.165) is 11.1 Å². The molecule has 3 aromatic rings. The summed E-state index contributed by atoms with van der Waals surface area (Å²) < 4.78 is 15.7. The van der Waals surface area contributed by atoms with E-state index in [4.69, 9.17) is 14.2 Å². The molecule has 0 aliphatic carbocycles. The van der Waals surface area contributed by atoms with Crippen molar-refractivity contribution in [1.82, 2.24) is 16.2 Å². The highest BCUT2D eigenvalue weighted by atomic mass is 16.7. The van der Waals surface area contributed by atoms with Crippen molar-refractivity contribution in [3.63, 3.8) is 0 Å². The molecule has 0 saturated carbocycles. The summed E-state index contributed by atoms with van der Waals surface area (Å²) in [5.41, 5.74) is 6.65. The molecular formula is C25H23N3O6. The molecule has 4 rings (SSSR count). The lowest BCUT2D eigenvalue weighted by atomic mass is 10.1. The second kappa shape index (κ2) is 10.9. The van der Waals surface area contributed by atoms with Crippen LogP contribution in [0, 0.1) is 0 Å². The van der Waals surface area contributed by atoms with Gasteiger partial charge in [0, 0.05) is 12.0 Å². The van der Waals surface area contributed by atoms with Gasteiger partial charge in [0.1, 0.15) is 12.6 Å². The van der Waals surface area contributed by atoms with Crippen molar-refractivity contribution in [2.24, 2.45) is 0 Å². The van der Waals surface area contributed by atoms with Crippen LogP contribution >= 0.6 is 0 Å². The smallest absolute Gasteiger partial charge is 0.408 e. The molecule has 3 amide bonds. The fraction of sp³-hybridized carbons (Fsp3) is 0.160. The molecule has 0 unspecified atom stereocenters. The van der Waals surface area contributed by atoms with Crippen molar-refractivity contribution in [3.8, 4) is 11.5 Å². The zero-order chi connectivity index (χ0) is 23.8. The fourth-order valence-corrected chi connectivity index (χ4v) is 3.28. The molecule has 0 saturated heterocycles. The standard InChI is InChI=1S/C25H23N3O6/c29-23(19-11-12-21-22(14-19)34-16-33-21)27-28-24(30)20(13-17-7-3-1-4-8-17)26-25(31)32-15-18-9-5-2-6-10-18/h1-12,14,20H,13,15-16H2,(H,26,31)(H,27,29)(H,28,30)/t20-/m0/s1. The average molecular weight is 461 g/mol. The van der Waals surface area contributed by atoms with E-state index in [1.165, 1.54) is 6.07 Å². The first-order valence-corrected chi connectivity index (χ1v) is 10.6. The zero-order valence-electron chi connectivity index (χ0n) is 18.2. The topological polar surface area (TPSA) is 115 Å². The minimum absolute atomic E-state index is 0.0627. The van der Waals surface area contributed by atoms with Crippen molar-refractivity contribution in [2.45, 2.75) is 19.1 Å². The average Bonchev–Trinajstić information content (AvgIpc) is 3.35. The van der Waals surface area contributed by atoms with Gasteiger partial charge in [-0.15, -0.1) is 0 Å². The molecule has 9 nitrogen and oxygen atoms in total. The zero-order valence-corrected chi connectivity index (χ0v) is 18.2. The molecule has 0 bridgehead atoms. The third kappa shape index (κ3) is 6.04. The van der Waals surface area contributed by atoms with Gasteiger partial charge in [-0.05, 0) is 29.3 Å². The maximum absolute atomic E-state index is 12.8. The minimum atomic E-state index is -0.984. The van der Waals surface area contributed by atoms with Crippen LogP contribution in [-0.2, 0) is 22.6 Å². The molecule has 0 spiro atoms. The van der Waals surface area contributed by atoms with Gasteiger partial charge < -0.3 is 19.5 Å². The van der Waals surface area contributed by atoms with E-state index in [2.05, 4.69) is 16.2 Å². The van der Waals surface area contributed by atoms with E-state index >= 15 is 0 Å². The lowest BCUT2D eigenvalue weighted by molar-refractivity contribution is -0.123. The summed E-state index contributed by atoms with van der Waals surface area (Å²) in [6, 6.07) is 22.1. The normalized spacial score (nSPS) is 12.4. The maximum atomic E-state index is 12.8. The van der Waals surface area contributed by atoms with Crippen LogP contribution in [0.1, 0.15) is 21.5 Å². The van der Waals surface area contributed by atoms with Gasteiger partial charge in [0.25, 0.3) is 11.8 Å². The van der Waals surface area contributed by atoms with E-state index in [-0.39, 0.29) is 25.4 Å². The van der Waals surface area contributed by atoms with E-state index in [1.54, 1.807) is 12.1 Å². The monoisotopic (exact) mass is 461 g/mol. The van der Waals surface area contributed by atoms with Crippen LogP contribution < -0.4 is 25.6 Å². The maximum Gasteiger partial charge on any atom is 0.408 e. The van der Waals surface area contributed by atoms with Gasteiger partial charge in [-0.2, -0.15) is 0 Å². The molecule has 1 aliphatic heterocycles. The molecule has 3 aromatic carbocycles. The first-order chi connectivity index (χ1) is 16.6. The summed E-state index contributed by atoms with van der Waals surface area (Å²) in [6.45, 7) is 0.150. The predicted molar refractivity (Wildman–Crippen MR) is 122 cm³/mol. The van der Waals surface area contributed by atoms with Crippen molar-refractivity contribution in [1.29, 1.82) is 0 Å². The lowest BCUT2D eigenvalue weighted by Crippen LogP contribution is -2.53. The Morgan fingerprint density at radius 2 is 1.50 bits per heavy atom. The fourth-order valence-electron chi connectivity index (χ4n) is 3.28. The lowest BCUT2D eigenvalue weighted by Gasteiger charge is -2.19. The minimum Gasteiger partial charge on any atom is -0.454 e. The number of rotatable bonds is 7. The van der Waals surface area contributed by atoms with Gasteiger partial charge in [-0.3, -0.25) is 20.4 Å². The summed E-state index contributed by atoms with van der Waals surface area (Å²) >= 11 is 0. The number of fused-ring (bicyclic) bond motifs is 1. The Morgan fingerprint density at radius 3 is 2.24 bits per heavy atom. The predicted octanol–water partition coefficient (Wildman–Crippen LogP) is 2.71. The van der Waals surface area contributed by atoms with E-state index < -0.39 is 23.9 Å². The van der Waals surface area contributed by atoms with Gasteiger partial charge in [0.15, 0.2) is 11.5 Å². The molecule has 0 radical (unpaired) electrons. The SMILES string of the molecule is O=C(N[C@@H](Cc1ccccc1)C(=O)NNC(=O)c1ccc2c(c1)OCO2)OCc1ccccc1. The number of carbonyl (C=O) groups is 3. The number of hydrazine groups is 1. The number of hydrogen-bond acceptors (Lipinski definition) is 6. The molecule has 1 aliphatic rings. The summed E-state index contributed by atoms with van der Waals surface area (Å²) in [6.07, 6.45) is -0.547. The van der Waals surface area contributed by atoms with E-state index in [9.17, 15) is 14.4 Å². The molecule has 9 heteroatoms. The molecule has 0 aromatic heterocycles. The van der Waals surface area contributed by atoms with Crippen LogP contribution in [0.15, 0.2) is 78.9 Å². The quantitative estimate of drug-likeness (QED) is 0.466. The van der Waals surface area contributed by atoms with Crippen LogP contribution in [0.2, 0.25) is 0 Å². The Balaban J connectivity index is 1.36. The molecule has 1 heterocycles.